The number of benzene rings is 8. The van der Waals surface area contributed by atoms with E-state index >= 15 is 0 Å². The van der Waals surface area contributed by atoms with Gasteiger partial charge < -0.3 is 5.73 Å². The van der Waals surface area contributed by atoms with Crippen molar-refractivity contribution in [2.45, 2.75) is 52.0 Å². The van der Waals surface area contributed by atoms with Gasteiger partial charge in [0, 0.05) is 6.04 Å². The summed E-state index contributed by atoms with van der Waals surface area (Å²) in [7, 11) is 0. The monoisotopic (exact) mass is 791 g/mol. The zero-order valence-electron chi connectivity index (χ0n) is 36.1. The lowest BCUT2D eigenvalue weighted by molar-refractivity contribution is 0.620. The number of rotatable bonds is 10. The third-order valence-electron chi connectivity index (χ3n) is 12.1. The summed E-state index contributed by atoms with van der Waals surface area (Å²) in [5, 5.41) is 2.46. The van der Waals surface area contributed by atoms with Crippen LogP contribution in [0.15, 0.2) is 213 Å². The predicted molar refractivity (Wildman–Crippen MR) is 265 cm³/mol. The number of allylic oxidation sites excluding steroid dienone is 2. The SMILES string of the molecule is C=C.CC.CCc1ccc(-c2ccc(C(/C=C\c3cccc4ccccc34)=C/C(N)c3ccccc3)cc2)cc1C1(Cc2ccccc2C)c2ccccc2-c2ccccc21. The summed E-state index contributed by atoms with van der Waals surface area (Å²) in [6.07, 6.45) is 8.47. The van der Waals surface area contributed by atoms with E-state index in [0.717, 1.165) is 29.5 Å². The highest BCUT2D eigenvalue weighted by Gasteiger charge is 2.45. The molecule has 0 fully saturated rings. The highest BCUT2D eigenvalue weighted by Crippen LogP contribution is 2.55. The Kier molecular flexibility index (Phi) is 13.5. The molecule has 0 aliphatic heterocycles. The molecule has 1 unspecified atom stereocenters. The first kappa shape index (κ1) is 42.3. The van der Waals surface area contributed by atoms with E-state index in [9.17, 15) is 0 Å². The molecule has 302 valence electrons. The fourth-order valence-electron chi connectivity index (χ4n) is 9.10. The zero-order valence-corrected chi connectivity index (χ0v) is 36.1. The highest BCUT2D eigenvalue weighted by atomic mass is 14.6. The lowest BCUT2D eigenvalue weighted by atomic mass is 9.66. The minimum absolute atomic E-state index is 0.246. The van der Waals surface area contributed by atoms with Crippen molar-refractivity contribution in [1.29, 1.82) is 0 Å². The molecule has 1 aliphatic rings. The second kappa shape index (κ2) is 19.5. The first-order valence-electron chi connectivity index (χ1n) is 21.7. The van der Waals surface area contributed by atoms with Crippen molar-refractivity contribution in [3.8, 4) is 22.3 Å². The molecule has 0 spiro atoms. The average molecular weight is 792 g/mol. The van der Waals surface area contributed by atoms with Gasteiger partial charge in [0.05, 0.1) is 5.41 Å². The number of aryl methyl sites for hydroxylation is 2. The van der Waals surface area contributed by atoms with Crippen LogP contribution < -0.4 is 5.73 Å². The van der Waals surface area contributed by atoms with E-state index in [-0.39, 0.29) is 11.5 Å². The smallest absolute Gasteiger partial charge is 0.0506 e. The van der Waals surface area contributed by atoms with Gasteiger partial charge in [0.25, 0.3) is 0 Å². The van der Waals surface area contributed by atoms with Crippen LogP contribution in [0.4, 0.5) is 0 Å². The lowest BCUT2D eigenvalue weighted by Gasteiger charge is -2.36. The number of fused-ring (bicyclic) bond motifs is 4. The van der Waals surface area contributed by atoms with E-state index < -0.39 is 0 Å². The standard InChI is InChI=1S/C56H47N.C2H6.C2H4/c1-3-40-28-34-46(36-54(40)56(38-48-20-8-7-16-39(48)2)52-26-13-11-24-50(52)51-25-12-14-27-53(51)56)41-29-31-42(32-30-41)47(37-55(57)45-18-5-4-6-19-45)35-33-44-22-15-21-43-17-9-10-23-49(43)44;2*1-2/h4-37,55H,3,38,57H2,1-2H3;1-2H3;1-2H2/b35-33-,47-37+;;. The van der Waals surface area contributed by atoms with Crippen molar-refractivity contribution in [3.63, 3.8) is 0 Å². The second-order valence-electron chi connectivity index (χ2n) is 15.4. The third kappa shape index (κ3) is 8.49. The number of nitrogens with two attached hydrogens (primary N) is 1. The van der Waals surface area contributed by atoms with E-state index in [1.165, 1.54) is 72.0 Å². The molecule has 8 aromatic rings. The van der Waals surface area contributed by atoms with E-state index in [4.69, 9.17) is 5.73 Å². The van der Waals surface area contributed by atoms with Crippen LogP contribution in [0.5, 0.6) is 0 Å². The Morgan fingerprint density at radius 1 is 0.590 bits per heavy atom. The third-order valence-corrected chi connectivity index (χ3v) is 12.1. The maximum absolute atomic E-state index is 6.85. The van der Waals surface area contributed by atoms with Crippen molar-refractivity contribution >= 4 is 22.4 Å². The van der Waals surface area contributed by atoms with Crippen molar-refractivity contribution in [2.75, 3.05) is 0 Å². The molecule has 0 bridgehead atoms. The van der Waals surface area contributed by atoms with Gasteiger partial charge in [-0.3, -0.25) is 0 Å². The maximum atomic E-state index is 6.85. The number of hydrogen-bond donors (Lipinski definition) is 1. The molecule has 61 heavy (non-hydrogen) atoms. The Hall–Kier alpha value is -6.80. The van der Waals surface area contributed by atoms with Crippen LogP contribution in [-0.4, -0.2) is 0 Å². The Morgan fingerprint density at radius 2 is 1.18 bits per heavy atom. The second-order valence-corrected chi connectivity index (χ2v) is 15.4. The van der Waals surface area contributed by atoms with Crippen LogP contribution in [0.3, 0.4) is 0 Å². The van der Waals surface area contributed by atoms with E-state index in [0.29, 0.717) is 0 Å². The van der Waals surface area contributed by atoms with E-state index in [2.05, 4.69) is 227 Å². The minimum atomic E-state index is -0.337. The largest absolute Gasteiger partial charge is 0.321 e. The molecule has 0 saturated heterocycles. The molecule has 9 rings (SSSR count). The van der Waals surface area contributed by atoms with Crippen LogP contribution in [0.25, 0.3) is 44.7 Å². The Labute approximate surface area is 364 Å². The quantitative estimate of drug-likeness (QED) is 0.108. The van der Waals surface area contributed by atoms with Crippen LogP contribution in [0, 0.1) is 6.92 Å². The van der Waals surface area contributed by atoms with Gasteiger partial charge in [-0.15, -0.1) is 13.2 Å². The Morgan fingerprint density at radius 3 is 1.87 bits per heavy atom. The van der Waals surface area contributed by atoms with Gasteiger partial charge in [-0.05, 0) is 115 Å². The molecule has 8 aromatic carbocycles. The summed E-state index contributed by atoms with van der Waals surface area (Å²) in [4.78, 5) is 0. The molecule has 1 aliphatic carbocycles. The summed E-state index contributed by atoms with van der Waals surface area (Å²) in [5.41, 5.74) is 24.3. The molecule has 0 aromatic heterocycles. The van der Waals surface area contributed by atoms with Gasteiger partial charge >= 0.3 is 0 Å². The van der Waals surface area contributed by atoms with Gasteiger partial charge in [0.2, 0.25) is 0 Å². The summed E-state index contributed by atoms with van der Waals surface area (Å²) >= 11 is 0. The predicted octanol–water partition coefficient (Wildman–Crippen LogP) is 15.6. The van der Waals surface area contributed by atoms with Gasteiger partial charge in [-0.2, -0.15) is 0 Å². The fraction of sp³-hybridized carbons (Fsp3) is 0.133. The molecule has 1 nitrogen and oxygen atoms in total. The molecular weight excluding hydrogens is 735 g/mol. The van der Waals surface area contributed by atoms with Crippen LogP contribution in [-0.2, 0) is 18.3 Å². The first-order valence-corrected chi connectivity index (χ1v) is 21.7. The number of hydrogen-bond acceptors (Lipinski definition) is 1. The van der Waals surface area contributed by atoms with Crippen LogP contribution in [0.2, 0.25) is 0 Å². The fourth-order valence-corrected chi connectivity index (χ4v) is 9.10. The molecule has 0 amide bonds. The normalized spacial score (nSPS) is 13.0. The molecule has 2 N–H and O–H groups in total. The summed E-state index contributed by atoms with van der Waals surface area (Å²) in [6, 6.07) is 68.4. The van der Waals surface area contributed by atoms with Crippen LogP contribution >= 0.6 is 0 Å². The maximum Gasteiger partial charge on any atom is 0.0506 e. The summed E-state index contributed by atoms with van der Waals surface area (Å²) in [5.74, 6) is 0. The first-order chi connectivity index (χ1) is 30.0. The average Bonchev–Trinajstić information content (AvgIpc) is 3.62. The van der Waals surface area contributed by atoms with Crippen molar-refractivity contribution in [3.05, 3.63) is 263 Å². The van der Waals surface area contributed by atoms with Gasteiger partial charge in [0.15, 0.2) is 0 Å². The highest BCUT2D eigenvalue weighted by molar-refractivity contribution is 5.93. The Balaban J connectivity index is 0.00000136. The van der Waals surface area contributed by atoms with E-state index in [1.54, 1.807) is 0 Å². The molecule has 0 heterocycles. The zero-order chi connectivity index (χ0) is 42.8. The molecular formula is C60H57N. The van der Waals surface area contributed by atoms with Gasteiger partial charge in [-0.1, -0.05) is 221 Å². The van der Waals surface area contributed by atoms with Crippen molar-refractivity contribution in [2.24, 2.45) is 5.73 Å². The van der Waals surface area contributed by atoms with Gasteiger partial charge in [-0.25, -0.2) is 0 Å². The summed E-state index contributed by atoms with van der Waals surface area (Å²) < 4.78 is 0. The summed E-state index contributed by atoms with van der Waals surface area (Å²) in [6.45, 7) is 14.5. The van der Waals surface area contributed by atoms with Crippen molar-refractivity contribution in [1.82, 2.24) is 0 Å². The van der Waals surface area contributed by atoms with Crippen molar-refractivity contribution < 1.29 is 0 Å². The van der Waals surface area contributed by atoms with Crippen LogP contribution in [0.1, 0.15) is 76.9 Å². The minimum Gasteiger partial charge on any atom is -0.321 e. The van der Waals surface area contributed by atoms with E-state index in [1.807, 2.05) is 19.9 Å². The van der Waals surface area contributed by atoms with Gasteiger partial charge in [0.1, 0.15) is 0 Å². The lowest BCUT2D eigenvalue weighted by Crippen LogP contribution is -2.31. The Bertz CT molecular complexity index is 2730. The topological polar surface area (TPSA) is 26.0 Å². The molecule has 0 radical (unpaired) electrons. The molecule has 0 saturated carbocycles. The molecule has 1 atom stereocenters. The molecule has 1 heteroatoms.